The van der Waals surface area contributed by atoms with Crippen molar-refractivity contribution < 1.29 is 0 Å². The van der Waals surface area contributed by atoms with Crippen molar-refractivity contribution in [1.82, 2.24) is 9.55 Å². The zero-order chi connectivity index (χ0) is 20.5. The summed E-state index contributed by atoms with van der Waals surface area (Å²) in [6.45, 7) is 0.565. The van der Waals surface area contributed by atoms with Gasteiger partial charge in [0.2, 0.25) is 0 Å². The minimum absolute atomic E-state index is 0.188. The fourth-order valence-electron chi connectivity index (χ4n) is 4.30. The molecule has 150 valence electrons. The monoisotopic (exact) mass is 413 g/mol. The molecule has 0 aliphatic heterocycles. The molecule has 5 heteroatoms. The molecule has 30 heavy (non-hydrogen) atoms. The lowest BCUT2D eigenvalue weighted by Crippen LogP contribution is -2.28. The van der Waals surface area contributed by atoms with E-state index in [0.717, 1.165) is 46.5 Å². The van der Waals surface area contributed by atoms with Gasteiger partial charge in [0.25, 0.3) is 0 Å². The summed E-state index contributed by atoms with van der Waals surface area (Å²) in [5.41, 5.74) is 10.9. The topological polar surface area (TPSA) is 60.9 Å². The number of nitrogens with two attached hydrogens (primary N) is 1. The number of aromatic nitrogens is 2. The van der Waals surface area contributed by atoms with E-state index in [1.165, 1.54) is 22.7 Å². The van der Waals surface area contributed by atoms with Crippen molar-refractivity contribution in [2.45, 2.75) is 36.2 Å². The lowest BCUT2D eigenvalue weighted by molar-refractivity contribution is 0.666. The minimum atomic E-state index is -0.280. The van der Waals surface area contributed by atoms with Crippen LogP contribution in [0.25, 0.3) is 10.8 Å². The molecule has 0 saturated heterocycles. The second-order valence-electron chi connectivity index (χ2n) is 7.66. The number of rotatable bonds is 5. The maximum absolute atomic E-state index is 12.9. The lowest BCUT2D eigenvalue weighted by atomic mass is 10.0. The Labute approximate surface area is 179 Å². The van der Waals surface area contributed by atoms with Crippen LogP contribution in [0.3, 0.4) is 0 Å². The highest BCUT2D eigenvalue weighted by molar-refractivity contribution is 7.99. The standard InChI is InChI=1S/C25H23N3OS/c26-23(20-13-6-11-18-10-4-5-12-19(18)20)30-24-21-14-7-15-22(21)28(25(29)27-24)16-17-8-2-1-3-9-17/h1-6,8-13,23H,7,14-16,26H2/t23-/m0/s1. The highest BCUT2D eigenvalue weighted by Crippen LogP contribution is 2.37. The van der Waals surface area contributed by atoms with Crippen LogP contribution in [0.1, 0.15) is 34.2 Å². The van der Waals surface area contributed by atoms with Crippen LogP contribution in [0.5, 0.6) is 0 Å². The maximum atomic E-state index is 12.9. The molecule has 4 nitrogen and oxygen atoms in total. The zero-order valence-corrected chi connectivity index (χ0v) is 17.4. The molecule has 1 aromatic heterocycles. The van der Waals surface area contributed by atoms with Gasteiger partial charge in [-0.3, -0.25) is 4.57 Å². The first-order valence-electron chi connectivity index (χ1n) is 10.3. The van der Waals surface area contributed by atoms with Gasteiger partial charge in [-0.2, -0.15) is 4.98 Å². The number of fused-ring (bicyclic) bond motifs is 2. The molecule has 0 bridgehead atoms. The van der Waals surface area contributed by atoms with Crippen LogP contribution in [0, 0.1) is 0 Å². The van der Waals surface area contributed by atoms with E-state index in [9.17, 15) is 4.79 Å². The first kappa shape index (κ1) is 19.1. The van der Waals surface area contributed by atoms with Gasteiger partial charge in [0.15, 0.2) is 0 Å². The molecule has 0 fully saturated rings. The average molecular weight is 414 g/mol. The molecule has 1 heterocycles. The summed E-state index contributed by atoms with van der Waals surface area (Å²) in [6.07, 6.45) is 2.91. The quantitative estimate of drug-likeness (QED) is 0.293. The normalized spacial score (nSPS) is 14.0. The number of hydrogen-bond donors (Lipinski definition) is 1. The molecule has 1 aliphatic carbocycles. The third kappa shape index (κ3) is 3.55. The fraction of sp³-hybridized carbons (Fsp3) is 0.200. The van der Waals surface area contributed by atoms with Crippen LogP contribution in [0.4, 0.5) is 0 Å². The van der Waals surface area contributed by atoms with Crippen LogP contribution in [0.15, 0.2) is 82.6 Å². The van der Waals surface area contributed by atoms with E-state index >= 15 is 0 Å². The van der Waals surface area contributed by atoms with Gasteiger partial charge in [0.05, 0.1) is 11.9 Å². The molecule has 0 radical (unpaired) electrons. The first-order chi connectivity index (χ1) is 14.7. The van der Waals surface area contributed by atoms with E-state index in [4.69, 9.17) is 5.73 Å². The van der Waals surface area contributed by atoms with Crippen molar-refractivity contribution in [3.8, 4) is 0 Å². The number of thioether (sulfide) groups is 1. The molecule has 0 saturated carbocycles. The number of benzene rings is 3. The Morgan fingerprint density at radius 3 is 2.60 bits per heavy atom. The van der Waals surface area contributed by atoms with Gasteiger partial charge in [-0.15, -0.1) is 0 Å². The molecule has 0 unspecified atom stereocenters. The van der Waals surface area contributed by atoms with Crippen LogP contribution >= 0.6 is 11.8 Å². The Kier molecular flexibility index (Phi) is 5.15. The molecule has 3 aromatic carbocycles. The second-order valence-corrected chi connectivity index (χ2v) is 8.79. The van der Waals surface area contributed by atoms with E-state index in [0.29, 0.717) is 6.54 Å². The third-order valence-corrected chi connectivity index (χ3v) is 6.82. The predicted molar refractivity (Wildman–Crippen MR) is 123 cm³/mol. The fourth-order valence-corrected chi connectivity index (χ4v) is 5.36. The Morgan fingerprint density at radius 1 is 0.967 bits per heavy atom. The van der Waals surface area contributed by atoms with Crippen molar-refractivity contribution >= 4 is 22.5 Å². The zero-order valence-electron chi connectivity index (χ0n) is 16.6. The van der Waals surface area contributed by atoms with Crippen molar-refractivity contribution in [3.63, 3.8) is 0 Å². The van der Waals surface area contributed by atoms with E-state index < -0.39 is 0 Å². The summed E-state index contributed by atoms with van der Waals surface area (Å²) in [6, 6.07) is 24.5. The Bertz CT molecular complexity index is 1260. The maximum Gasteiger partial charge on any atom is 0.349 e. The lowest BCUT2D eigenvalue weighted by Gasteiger charge is -2.18. The Hall–Kier alpha value is -2.89. The molecular formula is C25H23N3OS. The SMILES string of the molecule is N[C@@H](Sc1nc(=O)n(Cc2ccccc2)c2c1CCC2)c1cccc2ccccc12. The summed E-state index contributed by atoms with van der Waals surface area (Å²) in [7, 11) is 0. The smallest absolute Gasteiger partial charge is 0.315 e. The predicted octanol–water partition coefficient (Wildman–Crippen LogP) is 4.68. The molecule has 0 amide bonds. The average Bonchev–Trinajstić information content (AvgIpc) is 3.27. The molecule has 1 atom stereocenters. The van der Waals surface area contributed by atoms with Gasteiger partial charge in [-0.1, -0.05) is 84.6 Å². The van der Waals surface area contributed by atoms with Gasteiger partial charge in [0.1, 0.15) is 5.03 Å². The van der Waals surface area contributed by atoms with Crippen LogP contribution in [-0.2, 0) is 19.4 Å². The van der Waals surface area contributed by atoms with E-state index in [1.807, 2.05) is 53.1 Å². The number of nitrogens with zero attached hydrogens (tertiary/aromatic N) is 2. The largest absolute Gasteiger partial charge is 0.349 e. The summed E-state index contributed by atoms with van der Waals surface area (Å²) >= 11 is 1.50. The van der Waals surface area contributed by atoms with Gasteiger partial charge in [-0.05, 0) is 41.2 Å². The minimum Gasteiger partial charge on any atom is -0.315 e. The van der Waals surface area contributed by atoms with E-state index in [-0.39, 0.29) is 11.1 Å². The molecule has 5 rings (SSSR count). The van der Waals surface area contributed by atoms with Crippen LogP contribution in [0.2, 0.25) is 0 Å². The third-order valence-electron chi connectivity index (χ3n) is 5.75. The first-order valence-corrected chi connectivity index (χ1v) is 11.1. The van der Waals surface area contributed by atoms with E-state index in [2.05, 4.69) is 29.2 Å². The Morgan fingerprint density at radius 2 is 1.73 bits per heavy atom. The summed E-state index contributed by atoms with van der Waals surface area (Å²) < 4.78 is 1.84. The van der Waals surface area contributed by atoms with Gasteiger partial charge < -0.3 is 5.73 Å². The molecule has 0 spiro atoms. The highest BCUT2D eigenvalue weighted by Gasteiger charge is 2.24. The van der Waals surface area contributed by atoms with Gasteiger partial charge >= 0.3 is 5.69 Å². The number of hydrogen-bond acceptors (Lipinski definition) is 4. The van der Waals surface area contributed by atoms with Crippen LogP contribution in [-0.4, -0.2) is 9.55 Å². The summed E-state index contributed by atoms with van der Waals surface area (Å²) in [4.78, 5) is 17.4. The van der Waals surface area contributed by atoms with Crippen molar-refractivity contribution in [2.75, 3.05) is 0 Å². The molecule has 4 aromatic rings. The van der Waals surface area contributed by atoms with Gasteiger partial charge in [0, 0.05) is 11.3 Å². The van der Waals surface area contributed by atoms with Crippen molar-refractivity contribution in [2.24, 2.45) is 5.73 Å². The molecule has 2 N–H and O–H groups in total. The van der Waals surface area contributed by atoms with Crippen LogP contribution < -0.4 is 11.4 Å². The summed E-state index contributed by atoms with van der Waals surface area (Å²) in [5, 5.41) is 2.83. The Balaban J connectivity index is 1.50. The highest BCUT2D eigenvalue weighted by atomic mass is 32.2. The van der Waals surface area contributed by atoms with Crippen molar-refractivity contribution in [3.05, 3.63) is 106 Å². The van der Waals surface area contributed by atoms with Gasteiger partial charge in [-0.25, -0.2) is 4.79 Å². The van der Waals surface area contributed by atoms with E-state index in [1.54, 1.807) is 0 Å². The molecule has 1 aliphatic rings. The van der Waals surface area contributed by atoms with Crippen molar-refractivity contribution in [1.29, 1.82) is 0 Å². The molecular weight excluding hydrogens is 390 g/mol. The summed E-state index contributed by atoms with van der Waals surface area (Å²) in [5.74, 6) is 0. The second kappa shape index (κ2) is 8.09.